The summed E-state index contributed by atoms with van der Waals surface area (Å²) in [6, 6.07) is 0. The highest BCUT2D eigenvalue weighted by Crippen LogP contribution is 2.05. The van der Waals surface area contributed by atoms with Gasteiger partial charge in [-0.15, -0.1) is 0 Å². The fourth-order valence-electron chi connectivity index (χ4n) is 1.20. The van der Waals surface area contributed by atoms with Gasteiger partial charge in [0.15, 0.2) is 11.9 Å². The third-order valence-corrected chi connectivity index (χ3v) is 1.92. The van der Waals surface area contributed by atoms with Crippen LogP contribution in [-0.4, -0.2) is 37.0 Å². The highest BCUT2D eigenvalue weighted by Gasteiger charge is 2.14. The van der Waals surface area contributed by atoms with Crippen molar-refractivity contribution in [2.75, 3.05) is 20.1 Å². The fourth-order valence-corrected chi connectivity index (χ4v) is 1.20. The first-order valence-electron chi connectivity index (χ1n) is 4.11. The Kier molecular flexibility index (Phi) is 2.90. The van der Waals surface area contributed by atoms with Gasteiger partial charge < -0.3 is 10.2 Å². The Bertz CT molecular complexity index is 182. The van der Waals surface area contributed by atoms with E-state index in [1.165, 1.54) is 0 Å². The summed E-state index contributed by atoms with van der Waals surface area (Å²) in [6.07, 6.45) is 2.30. The molecule has 0 aromatic rings. The van der Waals surface area contributed by atoms with Crippen LogP contribution in [0.15, 0.2) is 0 Å². The van der Waals surface area contributed by atoms with E-state index in [9.17, 15) is 0 Å². The lowest BCUT2D eigenvalue weighted by atomic mass is 10.4. The summed E-state index contributed by atoms with van der Waals surface area (Å²) in [6.45, 7) is 1.87. The first-order chi connectivity index (χ1) is 5.74. The van der Waals surface area contributed by atoms with Crippen molar-refractivity contribution in [3.05, 3.63) is 0 Å². The van der Waals surface area contributed by atoms with E-state index in [4.69, 9.17) is 10.8 Å². The van der Waals surface area contributed by atoms with Crippen molar-refractivity contribution in [3.63, 3.8) is 0 Å². The van der Waals surface area contributed by atoms with Crippen LogP contribution in [0, 0.1) is 10.8 Å². The van der Waals surface area contributed by atoms with Gasteiger partial charge in [0.1, 0.15) is 0 Å². The van der Waals surface area contributed by atoms with Crippen LogP contribution in [0.2, 0.25) is 0 Å². The lowest BCUT2D eigenvalue weighted by Gasteiger charge is -2.19. The van der Waals surface area contributed by atoms with Gasteiger partial charge in [0, 0.05) is 20.1 Å². The summed E-state index contributed by atoms with van der Waals surface area (Å²) in [5.41, 5.74) is 0. The monoisotopic (exact) mass is 169 g/mol. The van der Waals surface area contributed by atoms with Gasteiger partial charge in [0.05, 0.1) is 0 Å². The smallest absolute Gasteiger partial charge is 0.197 e. The van der Waals surface area contributed by atoms with Gasteiger partial charge in [-0.3, -0.25) is 16.1 Å². The van der Waals surface area contributed by atoms with Gasteiger partial charge in [0.2, 0.25) is 0 Å². The second kappa shape index (κ2) is 3.94. The zero-order valence-corrected chi connectivity index (χ0v) is 7.28. The standard InChI is InChI=1S/C7H15N5/c1-10-6(8)11-7(9)12-4-2-3-5-12/h2-5H2,1H3,(H4,8,9,10,11). The molecular weight excluding hydrogens is 154 g/mol. The van der Waals surface area contributed by atoms with E-state index in [0.29, 0.717) is 5.96 Å². The van der Waals surface area contributed by atoms with E-state index >= 15 is 0 Å². The molecule has 0 aromatic carbocycles. The van der Waals surface area contributed by atoms with Crippen LogP contribution >= 0.6 is 0 Å². The molecule has 5 heteroatoms. The topological polar surface area (TPSA) is 75.0 Å². The van der Waals surface area contributed by atoms with Gasteiger partial charge in [-0.2, -0.15) is 0 Å². The Morgan fingerprint density at radius 1 is 1.25 bits per heavy atom. The molecule has 1 rings (SSSR count). The lowest BCUT2D eigenvalue weighted by molar-refractivity contribution is 0.502. The number of nitrogens with one attached hydrogen (secondary N) is 4. The van der Waals surface area contributed by atoms with Crippen LogP contribution in [0.3, 0.4) is 0 Å². The predicted octanol–water partition coefficient (Wildman–Crippen LogP) is -0.239. The molecule has 0 saturated carbocycles. The quantitative estimate of drug-likeness (QED) is 0.299. The summed E-state index contributed by atoms with van der Waals surface area (Å²) >= 11 is 0. The van der Waals surface area contributed by atoms with E-state index in [1.807, 2.05) is 4.90 Å². The molecule has 1 aliphatic rings. The van der Waals surface area contributed by atoms with E-state index in [0.717, 1.165) is 25.9 Å². The molecule has 68 valence electrons. The highest BCUT2D eigenvalue weighted by molar-refractivity contribution is 5.95. The minimum absolute atomic E-state index is 0.173. The van der Waals surface area contributed by atoms with Crippen LogP contribution in [0.25, 0.3) is 0 Å². The van der Waals surface area contributed by atoms with Crippen molar-refractivity contribution in [1.82, 2.24) is 15.5 Å². The largest absolute Gasteiger partial charge is 0.359 e. The van der Waals surface area contributed by atoms with E-state index in [-0.39, 0.29) is 5.96 Å². The number of hydrogen-bond donors (Lipinski definition) is 4. The maximum Gasteiger partial charge on any atom is 0.197 e. The zero-order chi connectivity index (χ0) is 8.97. The third-order valence-electron chi connectivity index (χ3n) is 1.92. The van der Waals surface area contributed by atoms with Crippen LogP contribution in [-0.2, 0) is 0 Å². The average molecular weight is 169 g/mol. The molecular formula is C7H15N5. The fraction of sp³-hybridized carbons (Fsp3) is 0.714. The predicted molar refractivity (Wildman–Crippen MR) is 48.5 cm³/mol. The number of nitrogens with zero attached hydrogens (tertiary/aromatic N) is 1. The maximum absolute atomic E-state index is 7.55. The summed E-state index contributed by atoms with van der Waals surface area (Å²) in [4.78, 5) is 1.94. The second-order valence-electron chi connectivity index (χ2n) is 2.79. The Morgan fingerprint density at radius 3 is 2.33 bits per heavy atom. The van der Waals surface area contributed by atoms with Crippen molar-refractivity contribution in [3.8, 4) is 0 Å². The molecule has 0 aliphatic carbocycles. The molecule has 4 N–H and O–H groups in total. The van der Waals surface area contributed by atoms with E-state index in [1.54, 1.807) is 7.05 Å². The van der Waals surface area contributed by atoms with Crippen LogP contribution in [0.1, 0.15) is 12.8 Å². The second-order valence-corrected chi connectivity index (χ2v) is 2.79. The van der Waals surface area contributed by atoms with Crippen molar-refractivity contribution < 1.29 is 0 Å². The molecule has 0 amide bonds. The maximum atomic E-state index is 7.55. The lowest BCUT2D eigenvalue weighted by Crippen LogP contribution is -2.45. The molecule has 0 bridgehead atoms. The van der Waals surface area contributed by atoms with Gasteiger partial charge in [0.25, 0.3) is 0 Å². The molecule has 0 radical (unpaired) electrons. The molecule has 1 heterocycles. The third kappa shape index (κ3) is 2.11. The number of likely N-dealkylation sites (tertiary alicyclic amines) is 1. The molecule has 0 atom stereocenters. The zero-order valence-electron chi connectivity index (χ0n) is 7.28. The van der Waals surface area contributed by atoms with E-state index in [2.05, 4.69) is 10.6 Å². The van der Waals surface area contributed by atoms with Gasteiger partial charge in [-0.05, 0) is 12.8 Å². The summed E-state index contributed by atoms with van der Waals surface area (Å²) in [5, 5.41) is 20.1. The Labute approximate surface area is 72.2 Å². The van der Waals surface area contributed by atoms with Crippen LogP contribution in [0.4, 0.5) is 0 Å². The van der Waals surface area contributed by atoms with E-state index < -0.39 is 0 Å². The molecule has 0 unspecified atom stereocenters. The molecule has 1 aliphatic heterocycles. The SMILES string of the molecule is CNC(=N)NC(=N)N1CCCC1. The van der Waals surface area contributed by atoms with Crippen LogP contribution < -0.4 is 10.6 Å². The van der Waals surface area contributed by atoms with Gasteiger partial charge in [-0.1, -0.05) is 0 Å². The molecule has 0 spiro atoms. The number of rotatable bonds is 0. The normalized spacial score (nSPS) is 15.9. The summed E-state index contributed by atoms with van der Waals surface area (Å²) < 4.78 is 0. The summed E-state index contributed by atoms with van der Waals surface area (Å²) in [5.74, 6) is 0.499. The average Bonchev–Trinajstić information content (AvgIpc) is 2.56. The first-order valence-corrected chi connectivity index (χ1v) is 4.11. The Balaban J connectivity index is 2.32. The molecule has 1 saturated heterocycles. The van der Waals surface area contributed by atoms with Gasteiger partial charge in [-0.25, -0.2) is 0 Å². The molecule has 12 heavy (non-hydrogen) atoms. The molecule has 1 fully saturated rings. The number of hydrogen-bond acceptors (Lipinski definition) is 2. The minimum atomic E-state index is 0.173. The van der Waals surface area contributed by atoms with Gasteiger partial charge >= 0.3 is 0 Å². The molecule has 0 aromatic heterocycles. The Hall–Kier alpha value is -1.26. The Morgan fingerprint density at radius 2 is 1.83 bits per heavy atom. The minimum Gasteiger partial charge on any atom is -0.359 e. The molecule has 5 nitrogen and oxygen atoms in total. The summed E-state index contributed by atoms with van der Waals surface area (Å²) in [7, 11) is 1.66. The highest BCUT2D eigenvalue weighted by atomic mass is 15.3. The van der Waals surface area contributed by atoms with Crippen molar-refractivity contribution in [1.29, 1.82) is 10.8 Å². The first kappa shape index (κ1) is 8.83. The van der Waals surface area contributed by atoms with Crippen LogP contribution in [0.5, 0.6) is 0 Å². The number of guanidine groups is 2. The van der Waals surface area contributed by atoms with Crippen molar-refractivity contribution >= 4 is 11.9 Å². The van der Waals surface area contributed by atoms with Crippen molar-refractivity contribution in [2.45, 2.75) is 12.8 Å². The van der Waals surface area contributed by atoms with Crippen molar-refractivity contribution in [2.24, 2.45) is 0 Å².